The maximum atomic E-state index is 9.59. The molecule has 0 amide bonds. The predicted octanol–water partition coefficient (Wildman–Crippen LogP) is 1.53. The van der Waals surface area contributed by atoms with Gasteiger partial charge in [0, 0.05) is 18.7 Å². The van der Waals surface area contributed by atoms with E-state index in [1.54, 1.807) is 12.5 Å². The maximum absolute atomic E-state index is 9.59. The lowest BCUT2D eigenvalue weighted by molar-refractivity contribution is 0.131. The zero-order valence-corrected chi connectivity index (χ0v) is 8.28. The van der Waals surface area contributed by atoms with E-state index in [-0.39, 0.29) is 6.10 Å². The second-order valence-electron chi connectivity index (χ2n) is 4.02. The van der Waals surface area contributed by atoms with Crippen LogP contribution in [0.15, 0.2) is 23.0 Å². The Morgan fingerprint density at radius 3 is 3.07 bits per heavy atom. The van der Waals surface area contributed by atoms with Crippen LogP contribution in [0.4, 0.5) is 0 Å². The highest BCUT2D eigenvalue weighted by molar-refractivity contribution is 5.04. The molecule has 1 aliphatic carbocycles. The minimum atomic E-state index is -0.0909. The lowest BCUT2D eigenvalue weighted by Gasteiger charge is -2.14. The van der Waals surface area contributed by atoms with Gasteiger partial charge >= 0.3 is 0 Å². The molecule has 2 atom stereocenters. The topological polar surface area (TPSA) is 45.4 Å². The molecule has 2 N–H and O–H groups in total. The van der Waals surface area contributed by atoms with Crippen LogP contribution in [-0.2, 0) is 6.54 Å². The Hall–Kier alpha value is -0.800. The molecular formula is C11H17NO2. The van der Waals surface area contributed by atoms with Gasteiger partial charge in [0.2, 0.25) is 0 Å². The summed E-state index contributed by atoms with van der Waals surface area (Å²) in [6.07, 6.45) is 6.63. The van der Waals surface area contributed by atoms with E-state index in [4.69, 9.17) is 4.42 Å². The summed E-state index contributed by atoms with van der Waals surface area (Å²) in [5, 5.41) is 12.9. The molecular weight excluding hydrogens is 178 g/mol. The van der Waals surface area contributed by atoms with Crippen LogP contribution >= 0.6 is 0 Å². The highest BCUT2D eigenvalue weighted by Crippen LogP contribution is 2.24. The van der Waals surface area contributed by atoms with Gasteiger partial charge in [0.1, 0.15) is 0 Å². The van der Waals surface area contributed by atoms with Gasteiger partial charge in [0.15, 0.2) is 0 Å². The third kappa shape index (κ3) is 2.36. The van der Waals surface area contributed by atoms with Gasteiger partial charge in [0.05, 0.1) is 18.6 Å². The van der Waals surface area contributed by atoms with E-state index in [0.717, 1.165) is 31.5 Å². The van der Waals surface area contributed by atoms with Crippen molar-refractivity contribution in [3.8, 4) is 0 Å². The summed E-state index contributed by atoms with van der Waals surface area (Å²) in [7, 11) is 0. The second kappa shape index (κ2) is 4.62. The molecule has 0 saturated heterocycles. The zero-order valence-electron chi connectivity index (χ0n) is 8.28. The molecule has 14 heavy (non-hydrogen) atoms. The summed E-state index contributed by atoms with van der Waals surface area (Å²) in [6.45, 7) is 1.74. The first-order valence-electron chi connectivity index (χ1n) is 5.26. The van der Waals surface area contributed by atoms with Crippen molar-refractivity contribution in [2.75, 3.05) is 6.54 Å². The fourth-order valence-electron chi connectivity index (χ4n) is 2.05. The van der Waals surface area contributed by atoms with Gasteiger partial charge in [-0.1, -0.05) is 6.42 Å². The van der Waals surface area contributed by atoms with Crippen LogP contribution in [-0.4, -0.2) is 17.8 Å². The summed E-state index contributed by atoms with van der Waals surface area (Å²) in [5.74, 6) is 0.446. The highest BCUT2D eigenvalue weighted by Gasteiger charge is 2.24. The van der Waals surface area contributed by atoms with Gasteiger partial charge in [-0.05, 0) is 24.8 Å². The number of aliphatic hydroxyl groups excluding tert-OH is 1. The van der Waals surface area contributed by atoms with Crippen LogP contribution in [0.3, 0.4) is 0 Å². The maximum Gasteiger partial charge on any atom is 0.0947 e. The predicted molar refractivity (Wildman–Crippen MR) is 53.8 cm³/mol. The molecule has 2 unspecified atom stereocenters. The van der Waals surface area contributed by atoms with Gasteiger partial charge in [-0.15, -0.1) is 0 Å². The van der Waals surface area contributed by atoms with Crippen molar-refractivity contribution in [1.82, 2.24) is 5.32 Å². The molecule has 3 heteroatoms. The van der Waals surface area contributed by atoms with E-state index in [1.165, 1.54) is 6.42 Å². The summed E-state index contributed by atoms with van der Waals surface area (Å²) in [6, 6.07) is 1.96. The molecule has 1 heterocycles. The van der Waals surface area contributed by atoms with Gasteiger partial charge in [-0.2, -0.15) is 0 Å². The van der Waals surface area contributed by atoms with Gasteiger partial charge in [-0.3, -0.25) is 0 Å². The van der Waals surface area contributed by atoms with E-state index >= 15 is 0 Å². The van der Waals surface area contributed by atoms with Crippen LogP contribution in [0.25, 0.3) is 0 Å². The number of hydrogen-bond donors (Lipinski definition) is 2. The normalized spacial score (nSPS) is 26.9. The largest absolute Gasteiger partial charge is 0.472 e. The number of furan rings is 1. The Bertz CT molecular complexity index is 258. The zero-order chi connectivity index (χ0) is 9.80. The molecule has 0 radical (unpaired) electrons. The molecule has 1 aromatic heterocycles. The van der Waals surface area contributed by atoms with E-state index < -0.39 is 0 Å². The number of hydrogen-bond acceptors (Lipinski definition) is 3. The van der Waals surface area contributed by atoms with Gasteiger partial charge in [0.25, 0.3) is 0 Å². The number of aliphatic hydroxyl groups is 1. The lowest BCUT2D eigenvalue weighted by atomic mass is 10.1. The van der Waals surface area contributed by atoms with Crippen LogP contribution in [0, 0.1) is 5.92 Å². The Labute approximate surface area is 84.1 Å². The summed E-state index contributed by atoms with van der Waals surface area (Å²) in [5.41, 5.74) is 1.16. The fraction of sp³-hybridized carbons (Fsp3) is 0.636. The first kappa shape index (κ1) is 9.74. The molecule has 1 saturated carbocycles. The lowest BCUT2D eigenvalue weighted by Crippen LogP contribution is -2.27. The molecule has 0 aromatic carbocycles. The summed E-state index contributed by atoms with van der Waals surface area (Å²) in [4.78, 5) is 0. The Morgan fingerprint density at radius 1 is 1.50 bits per heavy atom. The summed E-state index contributed by atoms with van der Waals surface area (Å²) >= 11 is 0. The highest BCUT2D eigenvalue weighted by atomic mass is 16.3. The van der Waals surface area contributed by atoms with Crippen LogP contribution in [0.5, 0.6) is 0 Å². The van der Waals surface area contributed by atoms with E-state index in [2.05, 4.69) is 5.32 Å². The molecule has 0 bridgehead atoms. The molecule has 78 valence electrons. The first-order chi connectivity index (χ1) is 6.86. The third-order valence-electron chi connectivity index (χ3n) is 2.93. The SMILES string of the molecule is OC1CCCC1CNCc1ccoc1. The van der Waals surface area contributed by atoms with Crippen LogP contribution in [0.2, 0.25) is 0 Å². The monoisotopic (exact) mass is 195 g/mol. The minimum absolute atomic E-state index is 0.0909. The minimum Gasteiger partial charge on any atom is -0.472 e. The van der Waals surface area contributed by atoms with E-state index in [9.17, 15) is 5.11 Å². The Kier molecular flexibility index (Phi) is 3.22. The second-order valence-corrected chi connectivity index (χ2v) is 4.02. The van der Waals surface area contributed by atoms with Crippen molar-refractivity contribution in [1.29, 1.82) is 0 Å². The average molecular weight is 195 g/mol. The smallest absolute Gasteiger partial charge is 0.0947 e. The third-order valence-corrected chi connectivity index (χ3v) is 2.93. The molecule has 0 aliphatic heterocycles. The standard InChI is InChI=1S/C11H17NO2/c13-11-3-1-2-10(11)7-12-6-9-4-5-14-8-9/h4-5,8,10-13H,1-3,6-7H2. The number of rotatable bonds is 4. The average Bonchev–Trinajstić information content (AvgIpc) is 2.78. The molecule has 1 aliphatic rings. The molecule has 2 rings (SSSR count). The van der Waals surface area contributed by atoms with Crippen LogP contribution in [0.1, 0.15) is 24.8 Å². The van der Waals surface area contributed by atoms with Gasteiger partial charge in [-0.25, -0.2) is 0 Å². The quantitative estimate of drug-likeness (QED) is 0.765. The molecule has 3 nitrogen and oxygen atoms in total. The van der Waals surface area contributed by atoms with E-state index in [1.807, 2.05) is 6.07 Å². The van der Waals surface area contributed by atoms with Crippen LogP contribution < -0.4 is 5.32 Å². The van der Waals surface area contributed by atoms with Crippen molar-refractivity contribution in [3.63, 3.8) is 0 Å². The van der Waals surface area contributed by atoms with Crippen molar-refractivity contribution in [2.24, 2.45) is 5.92 Å². The van der Waals surface area contributed by atoms with Gasteiger partial charge < -0.3 is 14.8 Å². The molecule has 1 aromatic rings. The Morgan fingerprint density at radius 2 is 2.43 bits per heavy atom. The Balaban J connectivity index is 1.68. The van der Waals surface area contributed by atoms with Crippen molar-refractivity contribution < 1.29 is 9.52 Å². The molecule has 1 fully saturated rings. The van der Waals surface area contributed by atoms with E-state index in [0.29, 0.717) is 5.92 Å². The van der Waals surface area contributed by atoms with Crippen molar-refractivity contribution >= 4 is 0 Å². The molecule has 0 spiro atoms. The summed E-state index contributed by atoms with van der Waals surface area (Å²) < 4.78 is 4.97. The van der Waals surface area contributed by atoms with Crippen molar-refractivity contribution in [3.05, 3.63) is 24.2 Å². The van der Waals surface area contributed by atoms with Crippen molar-refractivity contribution in [2.45, 2.75) is 31.9 Å². The fourth-order valence-corrected chi connectivity index (χ4v) is 2.05. The number of nitrogens with one attached hydrogen (secondary N) is 1. The first-order valence-corrected chi connectivity index (χ1v) is 5.26.